The minimum absolute atomic E-state index is 0.179. The Labute approximate surface area is 203 Å². The lowest BCUT2D eigenvalue weighted by molar-refractivity contribution is 0.0947. The number of para-hydroxylation sites is 1. The van der Waals surface area contributed by atoms with Gasteiger partial charge in [0.05, 0.1) is 33.1 Å². The van der Waals surface area contributed by atoms with Crippen molar-refractivity contribution in [2.75, 3.05) is 72.6 Å². The van der Waals surface area contributed by atoms with E-state index in [2.05, 4.69) is 21.2 Å². The van der Waals surface area contributed by atoms with E-state index in [1.54, 1.807) is 30.6 Å². The van der Waals surface area contributed by atoms with Gasteiger partial charge in [0.25, 0.3) is 5.91 Å². The van der Waals surface area contributed by atoms with E-state index >= 15 is 0 Å². The Morgan fingerprint density at radius 1 is 0.971 bits per heavy atom. The number of anilines is 1. The molecule has 0 radical (unpaired) electrons. The fourth-order valence-corrected chi connectivity index (χ4v) is 5.05. The number of thiazole rings is 1. The summed E-state index contributed by atoms with van der Waals surface area (Å²) < 4.78 is 22.6. The van der Waals surface area contributed by atoms with Crippen LogP contribution in [0.4, 0.5) is 5.13 Å². The molecule has 2 heterocycles. The summed E-state index contributed by atoms with van der Waals surface area (Å²) in [6.07, 6.45) is 0. The van der Waals surface area contributed by atoms with Crippen LogP contribution >= 0.6 is 11.3 Å². The van der Waals surface area contributed by atoms with Crippen molar-refractivity contribution >= 4 is 32.6 Å². The molecule has 0 unspecified atom stereocenters. The van der Waals surface area contributed by atoms with E-state index in [0.717, 1.165) is 53.8 Å². The minimum atomic E-state index is -0.179. The highest BCUT2D eigenvalue weighted by molar-refractivity contribution is 7.22. The van der Waals surface area contributed by atoms with Crippen LogP contribution < -0.4 is 29.2 Å². The number of nitrogens with zero attached hydrogens (tertiary/aromatic N) is 3. The molecular weight excluding hydrogens is 456 g/mol. The number of methoxy groups -OCH3 is 4. The summed E-state index contributed by atoms with van der Waals surface area (Å²) in [5, 5.41) is 4.01. The summed E-state index contributed by atoms with van der Waals surface area (Å²) in [5.41, 5.74) is 1.38. The number of carbonyl (C=O) groups is 1. The molecule has 0 atom stereocenters. The second-order valence-corrected chi connectivity index (χ2v) is 8.81. The fourth-order valence-electron chi connectivity index (χ4n) is 4.02. The van der Waals surface area contributed by atoms with Gasteiger partial charge in [0.15, 0.2) is 16.6 Å². The Morgan fingerprint density at radius 2 is 1.65 bits per heavy atom. The van der Waals surface area contributed by atoms with E-state index < -0.39 is 0 Å². The highest BCUT2D eigenvalue weighted by atomic mass is 32.1. The second kappa shape index (κ2) is 10.8. The fraction of sp³-hybridized carbons (Fsp3) is 0.417. The summed E-state index contributed by atoms with van der Waals surface area (Å²) in [6, 6.07) is 9.32. The van der Waals surface area contributed by atoms with E-state index in [9.17, 15) is 4.79 Å². The Morgan fingerprint density at radius 3 is 2.26 bits per heavy atom. The number of ether oxygens (including phenoxy) is 4. The van der Waals surface area contributed by atoms with Crippen molar-refractivity contribution in [3.8, 4) is 23.0 Å². The molecule has 1 aromatic heterocycles. The van der Waals surface area contributed by atoms with E-state index in [1.165, 1.54) is 21.3 Å². The van der Waals surface area contributed by atoms with Crippen LogP contribution in [0.25, 0.3) is 10.2 Å². The zero-order valence-electron chi connectivity index (χ0n) is 19.9. The van der Waals surface area contributed by atoms with Crippen LogP contribution in [0.3, 0.4) is 0 Å². The molecule has 3 aromatic rings. The van der Waals surface area contributed by atoms with Crippen molar-refractivity contribution in [3.05, 3.63) is 35.9 Å². The maximum atomic E-state index is 12.7. The van der Waals surface area contributed by atoms with Gasteiger partial charge in [-0.1, -0.05) is 17.4 Å². The highest BCUT2D eigenvalue weighted by Gasteiger charge is 2.21. The van der Waals surface area contributed by atoms with Gasteiger partial charge in [0.2, 0.25) is 5.75 Å². The SMILES string of the molecule is COc1cc(C(=O)NCCN2CCN(c3nc4c(OC)cccc4s3)CC2)cc(OC)c1OC. The molecule has 1 aliphatic heterocycles. The van der Waals surface area contributed by atoms with E-state index in [4.69, 9.17) is 23.9 Å². The maximum absolute atomic E-state index is 12.7. The van der Waals surface area contributed by atoms with Crippen LogP contribution in [0.15, 0.2) is 30.3 Å². The lowest BCUT2D eigenvalue weighted by Gasteiger charge is -2.34. The van der Waals surface area contributed by atoms with Crippen LogP contribution in [0.2, 0.25) is 0 Å². The minimum Gasteiger partial charge on any atom is -0.494 e. The van der Waals surface area contributed by atoms with Crippen LogP contribution in [-0.4, -0.2) is 83.5 Å². The third-order valence-electron chi connectivity index (χ3n) is 5.87. The number of rotatable bonds is 9. The van der Waals surface area contributed by atoms with Gasteiger partial charge in [-0.25, -0.2) is 4.98 Å². The number of aromatic nitrogens is 1. The van der Waals surface area contributed by atoms with Crippen LogP contribution in [0, 0.1) is 0 Å². The van der Waals surface area contributed by atoms with Crippen molar-refractivity contribution in [1.82, 2.24) is 15.2 Å². The Kier molecular flexibility index (Phi) is 7.59. The zero-order chi connectivity index (χ0) is 24.1. The Hall–Kier alpha value is -3.24. The Bertz CT molecular complexity index is 1120. The number of piperazine rings is 1. The molecule has 0 spiro atoms. The number of nitrogens with one attached hydrogen (secondary N) is 1. The number of carbonyl (C=O) groups excluding carboxylic acids is 1. The van der Waals surface area contributed by atoms with Crippen molar-refractivity contribution in [1.29, 1.82) is 0 Å². The monoisotopic (exact) mass is 486 g/mol. The van der Waals surface area contributed by atoms with Gasteiger partial charge in [0.1, 0.15) is 11.3 Å². The maximum Gasteiger partial charge on any atom is 0.251 e. The summed E-state index contributed by atoms with van der Waals surface area (Å²) in [5.74, 6) is 2.00. The number of hydrogen-bond donors (Lipinski definition) is 1. The molecule has 182 valence electrons. The van der Waals surface area contributed by atoms with E-state index in [0.29, 0.717) is 29.4 Å². The molecule has 2 aromatic carbocycles. The molecule has 1 fully saturated rings. The number of amides is 1. The quantitative estimate of drug-likeness (QED) is 0.494. The van der Waals surface area contributed by atoms with Crippen LogP contribution in [0.5, 0.6) is 23.0 Å². The van der Waals surface area contributed by atoms with Crippen molar-refractivity contribution in [2.24, 2.45) is 0 Å². The summed E-state index contributed by atoms with van der Waals surface area (Å²) in [7, 11) is 6.27. The van der Waals surface area contributed by atoms with E-state index in [-0.39, 0.29) is 5.91 Å². The molecule has 0 bridgehead atoms. The van der Waals surface area contributed by atoms with Gasteiger partial charge in [-0.15, -0.1) is 0 Å². The second-order valence-electron chi connectivity index (χ2n) is 7.80. The molecule has 1 amide bonds. The van der Waals surface area contributed by atoms with Crippen molar-refractivity contribution < 1.29 is 23.7 Å². The van der Waals surface area contributed by atoms with Crippen molar-refractivity contribution in [3.63, 3.8) is 0 Å². The molecular formula is C24H30N4O5S. The van der Waals surface area contributed by atoms with Crippen molar-refractivity contribution in [2.45, 2.75) is 0 Å². The molecule has 34 heavy (non-hydrogen) atoms. The first-order valence-electron chi connectivity index (χ1n) is 11.1. The van der Waals surface area contributed by atoms with E-state index in [1.807, 2.05) is 12.1 Å². The molecule has 9 nitrogen and oxygen atoms in total. The average Bonchev–Trinajstić information content (AvgIpc) is 3.32. The molecule has 0 aliphatic carbocycles. The predicted molar refractivity (Wildman–Crippen MR) is 133 cm³/mol. The van der Waals surface area contributed by atoms with Crippen LogP contribution in [0.1, 0.15) is 10.4 Å². The summed E-state index contributed by atoms with van der Waals surface area (Å²) >= 11 is 1.69. The predicted octanol–water partition coefficient (Wildman–Crippen LogP) is 2.88. The van der Waals surface area contributed by atoms with Gasteiger partial charge in [-0.05, 0) is 24.3 Å². The highest BCUT2D eigenvalue weighted by Crippen LogP contribution is 2.38. The summed E-state index contributed by atoms with van der Waals surface area (Å²) in [6.45, 7) is 4.93. The largest absolute Gasteiger partial charge is 0.494 e. The first-order valence-corrected chi connectivity index (χ1v) is 11.9. The third-order valence-corrected chi connectivity index (χ3v) is 6.96. The first-order chi connectivity index (χ1) is 16.6. The normalized spacial score (nSPS) is 14.2. The Balaban J connectivity index is 1.29. The zero-order valence-corrected chi connectivity index (χ0v) is 20.7. The lowest BCUT2D eigenvalue weighted by atomic mass is 10.1. The molecule has 10 heteroatoms. The number of benzene rings is 2. The number of hydrogen-bond acceptors (Lipinski definition) is 9. The molecule has 4 rings (SSSR count). The molecule has 0 saturated carbocycles. The van der Waals surface area contributed by atoms with Gasteiger partial charge < -0.3 is 29.2 Å². The van der Waals surface area contributed by atoms with Gasteiger partial charge in [-0.3, -0.25) is 9.69 Å². The standard InChI is InChI=1S/C24H30N4O5S/c1-30-17-6-5-7-20-21(17)26-24(34-20)28-12-10-27(11-13-28)9-8-25-23(29)16-14-18(31-2)22(33-4)19(15-16)32-3/h5-7,14-15H,8-13H2,1-4H3,(H,25,29). The molecule has 1 aliphatic rings. The van der Waals surface area contributed by atoms with Gasteiger partial charge in [0, 0.05) is 44.8 Å². The number of fused-ring (bicyclic) bond motifs is 1. The first kappa shape index (κ1) is 23.9. The molecule has 1 N–H and O–H groups in total. The third kappa shape index (κ3) is 4.97. The smallest absolute Gasteiger partial charge is 0.251 e. The summed E-state index contributed by atoms with van der Waals surface area (Å²) in [4.78, 5) is 22.2. The average molecular weight is 487 g/mol. The molecule has 1 saturated heterocycles. The topological polar surface area (TPSA) is 85.4 Å². The van der Waals surface area contributed by atoms with Gasteiger partial charge >= 0.3 is 0 Å². The lowest BCUT2D eigenvalue weighted by Crippen LogP contribution is -2.48. The van der Waals surface area contributed by atoms with Gasteiger partial charge in [-0.2, -0.15) is 0 Å². The van der Waals surface area contributed by atoms with Crippen LogP contribution in [-0.2, 0) is 0 Å².